The minimum absolute atomic E-state index is 0.0631. The molecule has 0 amide bonds. The predicted octanol–water partition coefficient (Wildman–Crippen LogP) is 4.91. The first kappa shape index (κ1) is 18.9. The van der Waals surface area contributed by atoms with Crippen LogP contribution in [0.1, 0.15) is 56.7 Å². The van der Waals surface area contributed by atoms with Crippen LogP contribution in [0.3, 0.4) is 0 Å². The molecule has 0 saturated carbocycles. The number of hydrogen-bond acceptors (Lipinski definition) is 4. The molecule has 1 aromatic heterocycles. The Bertz CT molecular complexity index is 1040. The average Bonchev–Trinajstić information content (AvgIpc) is 2.60. The molecule has 0 saturated heterocycles. The van der Waals surface area contributed by atoms with Gasteiger partial charge in [-0.05, 0) is 29.5 Å². The van der Waals surface area contributed by atoms with Gasteiger partial charge in [0.05, 0.1) is 10.9 Å². The van der Waals surface area contributed by atoms with Gasteiger partial charge in [-0.3, -0.25) is 4.79 Å². The van der Waals surface area contributed by atoms with Crippen LogP contribution in [-0.4, -0.2) is 10.9 Å². The quantitative estimate of drug-likeness (QED) is 0.668. The highest BCUT2D eigenvalue weighted by molar-refractivity contribution is 5.89. The third-order valence-corrected chi connectivity index (χ3v) is 4.79. The first-order valence-corrected chi connectivity index (χ1v) is 9.03. The van der Waals surface area contributed by atoms with Crippen molar-refractivity contribution in [1.29, 1.82) is 0 Å². The molecule has 3 aromatic rings. The SMILES string of the molecule is CC(=O)CC(c1ccccc1)c1c(O)c2c(C(C)(C)C)cccc2oc1=O. The molecule has 1 unspecified atom stereocenters. The molecule has 1 atom stereocenters. The molecule has 0 radical (unpaired) electrons. The summed E-state index contributed by atoms with van der Waals surface area (Å²) in [5.74, 6) is -0.717. The molecular weight excluding hydrogens is 340 g/mol. The van der Waals surface area contributed by atoms with Gasteiger partial charge in [0.2, 0.25) is 0 Å². The van der Waals surface area contributed by atoms with Gasteiger partial charge >= 0.3 is 5.63 Å². The van der Waals surface area contributed by atoms with Gasteiger partial charge in [0.25, 0.3) is 0 Å². The van der Waals surface area contributed by atoms with Gasteiger partial charge < -0.3 is 9.52 Å². The van der Waals surface area contributed by atoms with Gasteiger partial charge in [0.1, 0.15) is 17.1 Å². The van der Waals surface area contributed by atoms with Crippen LogP contribution < -0.4 is 5.63 Å². The lowest BCUT2D eigenvalue weighted by molar-refractivity contribution is -0.117. The minimum Gasteiger partial charge on any atom is -0.507 e. The summed E-state index contributed by atoms with van der Waals surface area (Å²) in [5, 5.41) is 11.7. The van der Waals surface area contributed by atoms with Gasteiger partial charge in [-0.15, -0.1) is 0 Å². The summed E-state index contributed by atoms with van der Waals surface area (Å²) >= 11 is 0. The first-order chi connectivity index (χ1) is 12.7. The van der Waals surface area contributed by atoms with E-state index in [9.17, 15) is 14.7 Å². The largest absolute Gasteiger partial charge is 0.507 e. The van der Waals surface area contributed by atoms with Crippen LogP contribution in [0.5, 0.6) is 5.75 Å². The van der Waals surface area contributed by atoms with E-state index in [0.717, 1.165) is 11.1 Å². The maximum absolute atomic E-state index is 12.8. The van der Waals surface area contributed by atoms with Crippen molar-refractivity contribution in [3.63, 3.8) is 0 Å². The highest BCUT2D eigenvalue weighted by Crippen LogP contribution is 2.40. The lowest BCUT2D eigenvalue weighted by atomic mass is 9.82. The highest BCUT2D eigenvalue weighted by atomic mass is 16.4. The van der Waals surface area contributed by atoms with Crippen molar-refractivity contribution in [2.75, 3.05) is 0 Å². The Morgan fingerprint density at radius 3 is 2.33 bits per heavy atom. The van der Waals surface area contributed by atoms with E-state index in [0.29, 0.717) is 11.0 Å². The Morgan fingerprint density at radius 2 is 1.74 bits per heavy atom. The minimum atomic E-state index is -0.610. The molecule has 0 fully saturated rings. The number of carbonyl (C=O) groups excluding carboxylic acids is 1. The van der Waals surface area contributed by atoms with Crippen molar-refractivity contribution in [1.82, 2.24) is 0 Å². The lowest BCUT2D eigenvalue weighted by Crippen LogP contribution is -2.18. The Morgan fingerprint density at radius 1 is 1.07 bits per heavy atom. The van der Waals surface area contributed by atoms with E-state index >= 15 is 0 Å². The van der Waals surface area contributed by atoms with Crippen molar-refractivity contribution in [2.24, 2.45) is 0 Å². The van der Waals surface area contributed by atoms with Crippen molar-refractivity contribution in [3.8, 4) is 5.75 Å². The summed E-state index contributed by atoms with van der Waals surface area (Å²) in [5.41, 5.74) is 1.31. The molecule has 140 valence electrons. The molecule has 0 aliphatic rings. The third-order valence-electron chi connectivity index (χ3n) is 4.79. The summed E-state index contributed by atoms with van der Waals surface area (Å²) < 4.78 is 5.57. The fourth-order valence-corrected chi connectivity index (χ4v) is 3.54. The normalized spacial score (nSPS) is 12.9. The number of ketones is 1. The molecule has 0 aliphatic heterocycles. The van der Waals surface area contributed by atoms with Gasteiger partial charge in [-0.2, -0.15) is 0 Å². The van der Waals surface area contributed by atoms with Crippen LogP contribution in [0.2, 0.25) is 0 Å². The highest BCUT2D eigenvalue weighted by Gasteiger charge is 2.28. The molecule has 1 N–H and O–H groups in total. The molecule has 4 heteroatoms. The fraction of sp³-hybridized carbons (Fsp3) is 0.304. The van der Waals surface area contributed by atoms with Gasteiger partial charge in [0.15, 0.2) is 0 Å². The van der Waals surface area contributed by atoms with E-state index in [1.807, 2.05) is 63.2 Å². The summed E-state index contributed by atoms with van der Waals surface area (Å²) in [6.45, 7) is 7.60. The number of carbonyl (C=O) groups is 1. The van der Waals surface area contributed by atoms with E-state index in [2.05, 4.69) is 0 Å². The third kappa shape index (κ3) is 3.65. The average molecular weight is 364 g/mol. The van der Waals surface area contributed by atoms with Crippen molar-refractivity contribution < 1.29 is 14.3 Å². The molecular formula is C23H24O4. The molecule has 27 heavy (non-hydrogen) atoms. The second-order valence-corrected chi connectivity index (χ2v) is 7.95. The summed E-state index contributed by atoms with van der Waals surface area (Å²) in [6, 6.07) is 14.7. The standard InChI is InChI=1S/C23H24O4/c1-14(24)13-16(15-9-6-5-7-10-15)19-21(25)20-17(23(2,3)4)11-8-12-18(20)27-22(19)26/h5-12,16,25H,13H2,1-4H3. The maximum atomic E-state index is 12.8. The summed E-state index contributed by atoms with van der Waals surface area (Å²) in [7, 11) is 0. The zero-order valence-corrected chi connectivity index (χ0v) is 16.1. The van der Waals surface area contributed by atoms with Crippen LogP contribution in [0.4, 0.5) is 0 Å². The molecule has 4 nitrogen and oxygen atoms in total. The van der Waals surface area contributed by atoms with Gasteiger partial charge in [-0.1, -0.05) is 63.2 Å². The fourth-order valence-electron chi connectivity index (χ4n) is 3.54. The number of hydrogen-bond donors (Lipinski definition) is 1. The molecule has 3 rings (SSSR count). The van der Waals surface area contributed by atoms with Crippen LogP contribution in [0.15, 0.2) is 57.7 Å². The van der Waals surface area contributed by atoms with Crippen molar-refractivity contribution in [2.45, 2.75) is 45.4 Å². The Hall–Kier alpha value is -2.88. The molecule has 0 spiro atoms. The Kier molecular flexibility index (Phi) is 4.92. The second kappa shape index (κ2) is 7.03. The number of benzene rings is 2. The predicted molar refractivity (Wildman–Crippen MR) is 106 cm³/mol. The Labute approximate surface area is 158 Å². The molecule has 0 aliphatic carbocycles. The van der Waals surface area contributed by atoms with Crippen molar-refractivity contribution in [3.05, 3.63) is 75.6 Å². The number of aromatic hydroxyl groups is 1. The van der Waals surface area contributed by atoms with E-state index in [-0.39, 0.29) is 28.9 Å². The van der Waals surface area contributed by atoms with Crippen LogP contribution >= 0.6 is 0 Å². The number of fused-ring (bicyclic) bond motifs is 1. The van der Waals surface area contributed by atoms with Crippen LogP contribution in [-0.2, 0) is 10.2 Å². The number of rotatable bonds is 4. The molecule has 0 bridgehead atoms. The van der Waals surface area contributed by atoms with E-state index in [1.54, 1.807) is 6.07 Å². The monoisotopic (exact) mass is 364 g/mol. The second-order valence-electron chi connectivity index (χ2n) is 7.95. The molecule has 2 aromatic carbocycles. The van der Waals surface area contributed by atoms with Crippen LogP contribution in [0.25, 0.3) is 11.0 Å². The van der Waals surface area contributed by atoms with Gasteiger partial charge in [0, 0.05) is 12.3 Å². The lowest BCUT2D eigenvalue weighted by Gasteiger charge is -2.23. The zero-order chi connectivity index (χ0) is 19.8. The van der Waals surface area contributed by atoms with E-state index < -0.39 is 11.5 Å². The Balaban J connectivity index is 2.35. The van der Waals surface area contributed by atoms with E-state index in [1.165, 1.54) is 6.92 Å². The zero-order valence-electron chi connectivity index (χ0n) is 16.1. The first-order valence-electron chi connectivity index (χ1n) is 9.03. The number of Topliss-reactive ketones (excluding diaryl/α,β-unsaturated/α-hetero) is 1. The topological polar surface area (TPSA) is 67.5 Å². The van der Waals surface area contributed by atoms with Crippen molar-refractivity contribution >= 4 is 16.8 Å². The smallest absolute Gasteiger partial charge is 0.343 e. The van der Waals surface area contributed by atoms with E-state index in [4.69, 9.17) is 4.42 Å². The summed E-state index contributed by atoms with van der Waals surface area (Å²) in [4.78, 5) is 24.7. The summed E-state index contributed by atoms with van der Waals surface area (Å²) in [6.07, 6.45) is 0.117. The van der Waals surface area contributed by atoms with Crippen LogP contribution in [0, 0.1) is 0 Å². The maximum Gasteiger partial charge on any atom is 0.343 e. The van der Waals surface area contributed by atoms with Gasteiger partial charge in [-0.25, -0.2) is 4.79 Å². The molecule has 1 heterocycles.